The van der Waals surface area contributed by atoms with Gasteiger partial charge in [-0.3, -0.25) is 0 Å². The summed E-state index contributed by atoms with van der Waals surface area (Å²) in [7, 11) is 0. The maximum Gasteiger partial charge on any atom is 0.110 e. The van der Waals surface area contributed by atoms with Crippen LogP contribution in [-0.2, 0) is 6.42 Å². The monoisotopic (exact) mass is 190 g/mol. The van der Waals surface area contributed by atoms with E-state index in [1.54, 1.807) is 0 Å². The zero-order valence-electron chi connectivity index (χ0n) is 8.67. The summed E-state index contributed by atoms with van der Waals surface area (Å²) in [5.41, 5.74) is 1.34. The smallest absolute Gasteiger partial charge is 0.110 e. The molecule has 1 heterocycles. The molecule has 0 spiro atoms. The molecule has 0 amide bonds. The summed E-state index contributed by atoms with van der Waals surface area (Å²) < 4.78 is 5.61. The standard InChI is InChI=1S/C13H18O/c1-2-6-11-9-10-14-13(11)12-7-4-3-5-8-12/h2,9-10,12H,1,3-8H2. The summed E-state index contributed by atoms with van der Waals surface area (Å²) >= 11 is 0. The molecule has 1 aliphatic carbocycles. The number of hydrogen-bond acceptors (Lipinski definition) is 1. The Morgan fingerprint density at radius 1 is 1.36 bits per heavy atom. The number of hydrogen-bond donors (Lipinski definition) is 0. The molecule has 0 atom stereocenters. The molecule has 0 N–H and O–H groups in total. The third-order valence-corrected chi connectivity index (χ3v) is 3.12. The number of furan rings is 1. The maximum absolute atomic E-state index is 5.61. The molecule has 2 rings (SSSR count). The average Bonchev–Trinajstić information content (AvgIpc) is 2.68. The maximum atomic E-state index is 5.61. The second-order valence-corrected chi connectivity index (χ2v) is 4.14. The minimum absolute atomic E-state index is 0.675. The molecule has 0 aliphatic heterocycles. The average molecular weight is 190 g/mol. The highest BCUT2D eigenvalue weighted by Gasteiger charge is 2.20. The van der Waals surface area contributed by atoms with Gasteiger partial charge in [-0.05, 0) is 30.9 Å². The van der Waals surface area contributed by atoms with Crippen LogP contribution in [0.25, 0.3) is 0 Å². The molecule has 0 unspecified atom stereocenters. The summed E-state index contributed by atoms with van der Waals surface area (Å²) in [5.74, 6) is 1.90. The van der Waals surface area contributed by atoms with Gasteiger partial charge in [0.05, 0.1) is 6.26 Å². The van der Waals surface area contributed by atoms with E-state index in [1.807, 2.05) is 12.3 Å². The van der Waals surface area contributed by atoms with Crippen LogP contribution in [0.2, 0.25) is 0 Å². The van der Waals surface area contributed by atoms with Gasteiger partial charge in [-0.1, -0.05) is 25.3 Å². The van der Waals surface area contributed by atoms with Crippen molar-refractivity contribution in [1.82, 2.24) is 0 Å². The van der Waals surface area contributed by atoms with Gasteiger partial charge in [-0.15, -0.1) is 6.58 Å². The van der Waals surface area contributed by atoms with E-state index in [0.29, 0.717) is 5.92 Å². The molecule has 76 valence electrons. The molecule has 1 nitrogen and oxygen atoms in total. The molecule has 1 aliphatic rings. The Morgan fingerprint density at radius 2 is 2.14 bits per heavy atom. The van der Waals surface area contributed by atoms with Crippen molar-refractivity contribution >= 4 is 0 Å². The van der Waals surface area contributed by atoms with Crippen LogP contribution in [0.3, 0.4) is 0 Å². The lowest BCUT2D eigenvalue weighted by Crippen LogP contribution is -2.05. The van der Waals surface area contributed by atoms with Crippen molar-refractivity contribution in [3.8, 4) is 0 Å². The quantitative estimate of drug-likeness (QED) is 0.655. The molecule has 1 aromatic heterocycles. The lowest BCUT2D eigenvalue weighted by Gasteiger charge is -2.20. The Balaban J connectivity index is 2.12. The molecular formula is C13H18O. The topological polar surface area (TPSA) is 13.1 Å². The van der Waals surface area contributed by atoms with Gasteiger partial charge in [-0.25, -0.2) is 0 Å². The van der Waals surface area contributed by atoms with Gasteiger partial charge in [0.2, 0.25) is 0 Å². The predicted molar refractivity (Wildman–Crippen MR) is 58.4 cm³/mol. The Bertz CT molecular complexity index is 292. The zero-order valence-corrected chi connectivity index (χ0v) is 8.67. The second kappa shape index (κ2) is 4.50. The summed E-state index contributed by atoms with van der Waals surface area (Å²) in [6, 6.07) is 2.09. The van der Waals surface area contributed by atoms with E-state index in [2.05, 4.69) is 12.6 Å². The molecular weight excluding hydrogens is 172 g/mol. The van der Waals surface area contributed by atoms with Crippen LogP contribution in [0, 0.1) is 0 Å². The molecule has 0 radical (unpaired) electrons. The van der Waals surface area contributed by atoms with Crippen molar-refractivity contribution in [1.29, 1.82) is 0 Å². The van der Waals surface area contributed by atoms with E-state index in [1.165, 1.54) is 43.4 Å². The first-order valence-corrected chi connectivity index (χ1v) is 5.59. The Hall–Kier alpha value is -0.980. The van der Waals surface area contributed by atoms with Crippen LogP contribution in [0.4, 0.5) is 0 Å². The zero-order chi connectivity index (χ0) is 9.80. The van der Waals surface area contributed by atoms with Gasteiger partial charge >= 0.3 is 0 Å². The lowest BCUT2D eigenvalue weighted by molar-refractivity contribution is 0.372. The van der Waals surface area contributed by atoms with Crippen LogP contribution in [0.15, 0.2) is 29.4 Å². The van der Waals surface area contributed by atoms with Gasteiger partial charge in [0.25, 0.3) is 0 Å². The van der Waals surface area contributed by atoms with E-state index in [4.69, 9.17) is 4.42 Å². The van der Waals surface area contributed by atoms with Crippen molar-refractivity contribution in [2.24, 2.45) is 0 Å². The molecule has 14 heavy (non-hydrogen) atoms. The first-order chi connectivity index (χ1) is 6.92. The highest BCUT2D eigenvalue weighted by atomic mass is 16.3. The highest BCUT2D eigenvalue weighted by Crippen LogP contribution is 2.34. The van der Waals surface area contributed by atoms with Crippen molar-refractivity contribution in [2.45, 2.75) is 44.4 Å². The fourth-order valence-corrected chi connectivity index (χ4v) is 2.39. The number of allylic oxidation sites excluding steroid dienone is 1. The van der Waals surface area contributed by atoms with E-state index in [9.17, 15) is 0 Å². The fourth-order valence-electron chi connectivity index (χ4n) is 2.39. The van der Waals surface area contributed by atoms with Gasteiger partial charge in [-0.2, -0.15) is 0 Å². The normalized spacial score (nSPS) is 18.3. The van der Waals surface area contributed by atoms with E-state index in [0.717, 1.165) is 6.42 Å². The third-order valence-electron chi connectivity index (χ3n) is 3.12. The van der Waals surface area contributed by atoms with Crippen molar-refractivity contribution in [3.63, 3.8) is 0 Å². The molecule has 1 aromatic rings. The number of rotatable bonds is 3. The lowest BCUT2D eigenvalue weighted by atomic mass is 9.86. The van der Waals surface area contributed by atoms with E-state index < -0.39 is 0 Å². The van der Waals surface area contributed by atoms with Crippen molar-refractivity contribution < 1.29 is 4.42 Å². The first kappa shape index (κ1) is 9.57. The highest BCUT2D eigenvalue weighted by molar-refractivity contribution is 5.23. The van der Waals surface area contributed by atoms with Crippen LogP contribution >= 0.6 is 0 Å². The van der Waals surface area contributed by atoms with Gasteiger partial charge in [0.1, 0.15) is 5.76 Å². The summed E-state index contributed by atoms with van der Waals surface area (Å²) in [4.78, 5) is 0. The SMILES string of the molecule is C=CCc1ccoc1C1CCCCC1. The van der Waals surface area contributed by atoms with Gasteiger partial charge in [0, 0.05) is 5.92 Å². The second-order valence-electron chi connectivity index (χ2n) is 4.14. The van der Waals surface area contributed by atoms with Crippen molar-refractivity contribution in [3.05, 3.63) is 36.3 Å². The minimum atomic E-state index is 0.675. The molecule has 0 aromatic carbocycles. The predicted octanol–water partition coefficient (Wildman–Crippen LogP) is 4.06. The minimum Gasteiger partial charge on any atom is -0.469 e. The Labute approximate surface area is 85.8 Å². The van der Waals surface area contributed by atoms with Crippen molar-refractivity contribution in [2.75, 3.05) is 0 Å². The molecule has 0 saturated heterocycles. The summed E-state index contributed by atoms with van der Waals surface area (Å²) in [6.45, 7) is 3.78. The van der Waals surface area contributed by atoms with Gasteiger partial charge < -0.3 is 4.42 Å². The summed E-state index contributed by atoms with van der Waals surface area (Å²) in [6.07, 6.45) is 11.4. The van der Waals surface area contributed by atoms with Gasteiger partial charge in [0.15, 0.2) is 0 Å². The Morgan fingerprint density at radius 3 is 2.86 bits per heavy atom. The molecule has 1 fully saturated rings. The van der Waals surface area contributed by atoms with Crippen LogP contribution < -0.4 is 0 Å². The largest absolute Gasteiger partial charge is 0.469 e. The first-order valence-electron chi connectivity index (χ1n) is 5.59. The van der Waals surface area contributed by atoms with E-state index >= 15 is 0 Å². The molecule has 1 saturated carbocycles. The summed E-state index contributed by atoms with van der Waals surface area (Å²) in [5, 5.41) is 0. The molecule has 0 bridgehead atoms. The molecule has 1 heteroatoms. The fraction of sp³-hybridized carbons (Fsp3) is 0.538. The van der Waals surface area contributed by atoms with Crippen LogP contribution in [-0.4, -0.2) is 0 Å². The van der Waals surface area contributed by atoms with Crippen LogP contribution in [0.1, 0.15) is 49.3 Å². The third kappa shape index (κ3) is 1.92. The van der Waals surface area contributed by atoms with E-state index in [-0.39, 0.29) is 0 Å². The Kier molecular flexibility index (Phi) is 3.07. The van der Waals surface area contributed by atoms with Crippen LogP contribution in [0.5, 0.6) is 0 Å².